The van der Waals surface area contributed by atoms with E-state index in [1.165, 1.54) is 11.3 Å². The van der Waals surface area contributed by atoms with Crippen LogP contribution in [0.2, 0.25) is 10.0 Å². The van der Waals surface area contributed by atoms with Crippen LogP contribution in [0.15, 0.2) is 47.3 Å². The minimum absolute atomic E-state index is 0.0443. The van der Waals surface area contributed by atoms with E-state index >= 15 is 0 Å². The third-order valence-corrected chi connectivity index (χ3v) is 9.69. The molecule has 226 valence electrons. The molecule has 2 aromatic heterocycles. The smallest absolute Gasteiger partial charge is 0.265 e. The van der Waals surface area contributed by atoms with Gasteiger partial charge in [-0.2, -0.15) is 0 Å². The lowest BCUT2D eigenvalue weighted by atomic mass is 9.97. The van der Waals surface area contributed by atoms with E-state index in [4.69, 9.17) is 28.2 Å². The average molecular weight is 638 g/mol. The van der Waals surface area contributed by atoms with Crippen LogP contribution in [0.1, 0.15) is 59.8 Å². The molecule has 0 unspecified atom stereocenters. The Bertz CT molecular complexity index is 1700. The number of aromatic nitrogens is 2. The molecule has 1 aliphatic rings. The molecule has 1 fully saturated rings. The lowest BCUT2D eigenvalue weighted by Gasteiger charge is -2.30. The number of thiazole rings is 1. The number of para-hydroxylation sites is 1. The first-order valence-electron chi connectivity index (χ1n) is 15.0. The topological polar surface area (TPSA) is 67.2 Å². The Hall–Kier alpha value is -2.97. The molecule has 2 aromatic carbocycles. The van der Waals surface area contributed by atoms with Crippen LogP contribution in [0.5, 0.6) is 0 Å². The van der Waals surface area contributed by atoms with Crippen LogP contribution < -0.4 is 10.9 Å². The number of piperazine rings is 1. The Morgan fingerprint density at radius 1 is 1.02 bits per heavy atom. The molecule has 1 N–H and O–H groups in total. The number of carbonyl (C=O) groups is 1. The predicted octanol–water partition coefficient (Wildman–Crippen LogP) is 7.61. The van der Waals surface area contributed by atoms with Crippen LogP contribution in [0.3, 0.4) is 0 Å². The molecule has 0 spiro atoms. The molecule has 5 rings (SSSR count). The summed E-state index contributed by atoms with van der Waals surface area (Å²) in [7, 11) is 0. The Balaban J connectivity index is 1.83. The molecule has 3 heterocycles. The maximum Gasteiger partial charge on any atom is 0.265 e. The highest BCUT2D eigenvalue weighted by atomic mass is 35.5. The van der Waals surface area contributed by atoms with Gasteiger partial charge in [-0.1, -0.05) is 75.2 Å². The van der Waals surface area contributed by atoms with E-state index in [1.54, 1.807) is 18.2 Å². The largest absolute Gasteiger partial charge is 0.336 e. The molecule has 0 aliphatic carbocycles. The van der Waals surface area contributed by atoms with E-state index < -0.39 is 0 Å². The molecule has 6 nitrogen and oxygen atoms in total. The monoisotopic (exact) mass is 636 g/mol. The second kappa shape index (κ2) is 13.3. The number of halogens is 2. The second-order valence-electron chi connectivity index (χ2n) is 11.4. The van der Waals surface area contributed by atoms with E-state index in [1.807, 2.05) is 22.5 Å². The van der Waals surface area contributed by atoms with Crippen LogP contribution in [-0.2, 0) is 19.3 Å². The zero-order valence-electron chi connectivity index (χ0n) is 25.4. The first kappa shape index (κ1) is 31.5. The SMILES string of the molecule is CCc1cccc(CC)c1-n1c(CC(C)C)c(C(=O)N2CCNCC2)cc(-c2nc(-c3ccc(Cl)c(Cl)c3)c(C)s2)c1=O. The molecule has 1 saturated heterocycles. The Labute approximate surface area is 267 Å². The van der Waals surface area contributed by atoms with Crippen LogP contribution in [0.25, 0.3) is 27.5 Å². The number of hydrogen-bond donors (Lipinski definition) is 1. The zero-order chi connectivity index (χ0) is 30.8. The molecular formula is C34H38Cl2N4O2S. The molecule has 1 aliphatic heterocycles. The van der Waals surface area contributed by atoms with Gasteiger partial charge in [-0.3, -0.25) is 14.2 Å². The van der Waals surface area contributed by atoms with Gasteiger partial charge in [0.15, 0.2) is 0 Å². The van der Waals surface area contributed by atoms with Crippen molar-refractivity contribution in [2.45, 2.75) is 53.9 Å². The lowest BCUT2D eigenvalue weighted by molar-refractivity contribution is 0.0733. The first-order chi connectivity index (χ1) is 20.6. The maximum atomic E-state index is 14.8. The second-order valence-corrected chi connectivity index (χ2v) is 13.4. The number of carbonyl (C=O) groups excluding carboxylic acids is 1. The fraction of sp³-hybridized carbons (Fsp3) is 0.382. The van der Waals surface area contributed by atoms with Crippen molar-refractivity contribution in [1.82, 2.24) is 19.8 Å². The summed E-state index contributed by atoms with van der Waals surface area (Å²) in [6.45, 7) is 13.2. The van der Waals surface area contributed by atoms with Crippen LogP contribution in [-0.4, -0.2) is 46.5 Å². The molecule has 0 radical (unpaired) electrons. The summed E-state index contributed by atoms with van der Waals surface area (Å²) < 4.78 is 1.85. The minimum Gasteiger partial charge on any atom is -0.336 e. The van der Waals surface area contributed by atoms with E-state index in [2.05, 4.69) is 51.2 Å². The fourth-order valence-electron chi connectivity index (χ4n) is 5.78. The summed E-state index contributed by atoms with van der Waals surface area (Å²) >= 11 is 14.0. The minimum atomic E-state index is -0.155. The standard InChI is InChI=1S/C34H38Cl2N4O2S/c1-6-22-9-8-10-23(7-2)31(22)40-29(17-20(3)4)25(33(41)39-15-13-37-14-16-39)19-26(34(40)42)32-38-30(21(5)43-32)24-11-12-27(35)28(36)18-24/h8-12,18-20,37H,6-7,13-17H2,1-5H3. The van der Waals surface area contributed by atoms with Gasteiger partial charge < -0.3 is 10.2 Å². The maximum absolute atomic E-state index is 14.8. The average Bonchev–Trinajstić information content (AvgIpc) is 3.39. The zero-order valence-corrected chi connectivity index (χ0v) is 27.7. The van der Waals surface area contributed by atoms with E-state index in [-0.39, 0.29) is 17.4 Å². The highest BCUT2D eigenvalue weighted by Gasteiger charge is 2.29. The first-order valence-corrected chi connectivity index (χ1v) is 16.5. The third-order valence-electron chi connectivity index (χ3n) is 7.95. The molecule has 0 atom stereocenters. The van der Waals surface area contributed by atoms with Crippen molar-refractivity contribution in [2.24, 2.45) is 5.92 Å². The molecule has 9 heteroatoms. The predicted molar refractivity (Wildman–Crippen MR) is 179 cm³/mol. The van der Waals surface area contributed by atoms with Crippen molar-refractivity contribution in [1.29, 1.82) is 0 Å². The Morgan fingerprint density at radius 2 is 1.70 bits per heavy atom. The van der Waals surface area contributed by atoms with Gasteiger partial charge in [0.25, 0.3) is 11.5 Å². The van der Waals surface area contributed by atoms with Crippen molar-refractivity contribution in [3.05, 3.63) is 90.1 Å². The van der Waals surface area contributed by atoms with Crippen molar-refractivity contribution >= 4 is 40.4 Å². The van der Waals surface area contributed by atoms with Gasteiger partial charge in [0.2, 0.25) is 0 Å². The summed E-state index contributed by atoms with van der Waals surface area (Å²) in [6, 6.07) is 13.5. The number of aryl methyl sites for hydroxylation is 3. The van der Waals surface area contributed by atoms with Crippen LogP contribution in [0.4, 0.5) is 0 Å². The summed E-state index contributed by atoms with van der Waals surface area (Å²) in [5, 5.41) is 4.83. The normalized spacial score (nSPS) is 13.6. The van der Waals surface area contributed by atoms with Crippen LogP contribution in [0, 0.1) is 12.8 Å². The highest BCUT2D eigenvalue weighted by molar-refractivity contribution is 7.15. The number of nitrogens with zero attached hydrogens (tertiary/aromatic N) is 3. The third kappa shape index (κ3) is 6.32. The fourth-order valence-corrected chi connectivity index (χ4v) is 7.02. The quantitative estimate of drug-likeness (QED) is 0.216. The Kier molecular flexibility index (Phi) is 9.76. The molecular weight excluding hydrogens is 599 g/mol. The summed E-state index contributed by atoms with van der Waals surface area (Å²) in [6.07, 6.45) is 2.12. The van der Waals surface area contributed by atoms with Gasteiger partial charge in [0.1, 0.15) is 5.01 Å². The number of rotatable bonds is 8. The van der Waals surface area contributed by atoms with Gasteiger partial charge in [-0.25, -0.2) is 4.98 Å². The lowest BCUT2D eigenvalue weighted by Crippen LogP contribution is -2.47. The Morgan fingerprint density at radius 3 is 2.30 bits per heavy atom. The van der Waals surface area contributed by atoms with Gasteiger partial charge >= 0.3 is 0 Å². The highest BCUT2D eigenvalue weighted by Crippen LogP contribution is 2.36. The summed E-state index contributed by atoms with van der Waals surface area (Å²) in [5.41, 5.74) is 6.23. The molecule has 4 aromatic rings. The van der Waals surface area contributed by atoms with Gasteiger partial charge in [0, 0.05) is 42.3 Å². The van der Waals surface area contributed by atoms with Crippen molar-refractivity contribution < 1.29 is 4.79 Å². The van der Waals surface area contributed by atoms with Gasteiger partial charge in [0.05, 0.1) is 32.6 Å². The summed E-state index contributed by atoms with van der Waals surface area (Å²) in [5.74, 6) is 0.186. The molecule has 1 amide bonds. The number of hydrogen-bond acceptors (Lipinski definition) is 5. The van der Waals surface area contributed by atoms with E-state index in [9.17, 15) is 9.59 Å². The molecule has 0 bridgehead atoms. The number of amides is 1. The van der Waals surface area contributed by atoms with Crippen molar-refractivity contribution in [3.63, 3.8) is 0 Å². The van der Waals surface area contributed by atoms with Gasteiger partial charge in [-0.05, 0) is 61.4 Å². The van der Waals surface area contributed by atoms with E-state index in [0.29, 0.717) is 45.7 Å². The van der Waals surface area contributed by atoms with Gasteiger partial charge in [-0.15, -0.1) is 11.3 Å². The summed E-state index contributed by atoms with van der Waals surface area (Å²) in [4.78, 5) is 36.9. The number of benzene rings is 2. The van der Waals surface area contributed by atoms with Crippen molar-refractivity contribution in [2.75, 3.05) is 26.2 Å². The number of pyridine rings is 1. The van der Waals surface area contributed by atoms with Crippen molar-refractivity contribution in [3.8, 4) is 27.5 Å². The number of nitrogens with one attached hydrogen (secondary N) is 1. The molecule has 43 heavy (non-hydrogen) atoms. The van der Waals surface area contributed by atoms with E-state index in [0.717, 1.165) is 64.6 Å². The van der Waals surface area contributed by atoms with Crippen LogP contribution >= 0.6 is 34.5 Å². The molecule has 0 saturated carbocycles.